The molecule has 1 aliphatic carbocycles. The molecule has 2 N–H and O–H groups in total. The first-order valence-electron chi connectivity index (χ1n) is 7.70. The number of aliphatic hydroxyl groups is 1. The van der Waals surface area contributed by atoms with Gasteiger partial charge in [0.25, 0.3) is 0 Å². The van der Waals surface area contributed by atoms with E-state index in [1.807, 2.05) is 19.1 Å². The van der Waals surface area contributed by atoms with Crippen molar-refractivity contribution < 1.29 is 14.6 Å². The van der Waals surface area contributed by atoms with Crippen molar-refractivity contribution in [2.75, 3.05) is 11.9 Å². The summed E-state index contributed by atoms with van der Waals surface area (Å²) in [5.41, 5.74) is 2.51. The van der Waals surface area contributed by atoms with Crippen LogP contribution < -0.4 is 5.32 Å². The molecular formula is C17H25NO3. The molecule has 2 rings (SSSR count). The molecule has 116 valence electrons. The first kappa shape index (κ1) is 16.0. The predicted molar refractivity (Wildman–Crippen MR) is 83.1 cm³/mol. The van der Waals surface area contributed by atoms with Gasteiger partial charge in [-0.25, -0.2) is 0 Å². The molecular weight excluding hydrogens is 266 g/mol. The largest absolute Gasteiger partial charge is 0.392 e. The van der Waals surface area contributed by atoms with E-state index >= 15 is 0 Å². The second kappa shape index (κ2) is 7.57. The Hall–Kier alpha value is -1.39. The van der Waals surface area contributed by atoms with Gasteiger partial charge in [0.2, 0.25) is 5.91 Å². The van der Waals surface area contributed by atoms with E-state index in [0.29, 0.717) is 5.92 Å². The molecule has 0 bridgehead atoms. The second-order valence-corrected chi connectivity index (χ2v) is 6.06. The third kappa shape index (κ3) is 4.83. The molecule has 4 heteroatoms. The summed E-state index contributed by atoms with van der Waals surface area (Å²) in [5.74, 6) is 0.557. The number of hydrogen-bond acceptors (Lipinski definition) is 3. The lowest BCUT2D eigenvalue weighted by molar-refractivity contribution is -0.123. The highest BCUT2D eigenvalue weighted by Crippen LogP contribution is 2.25. The number of aliphatic hydroxyl groups excluding tert-OH is 1. The van der Waals surface area contributed by atoms with Gasteiger partial charge in [0.05, 0.1) is 12.7 Å². The summed E-state index contributed by atoms with van der Waals surface area (Å²) in [4.78, 5) is 12.0. The van der Waals surface area contributed by atoms with Crippen LogP contribution in [0, 0.1) is 12.8 Å². The third-order valence-electron chi connectivity index (χ3n) is 4.10. The van der Waals surface area contributed by atoms with Gasteiger partial charge >= 0.3 is 0 Å². The molecule has 0 spiro atoms. The number of amides is 1. The molecule has 2 atom stereocenters. The van der Waals surface area contributed by atoms with E-state index < -0.39 is 0 Å². The second-order valence-electron chi connectivity index (χ2n) is 6.06. The van der Waals surface area contributed by atoms with Gasteiger partial charge in [0.15, 0.2) is 0 Å². The van der Waals surface area contributed by atoms with Gasteiger partial charge in [-0.15, -0.1) is 0 Å². The quantitative estimate of drug-likeness (QED) is 0.876. The van der Waals surface area contributed by atoms with Crippen molar-refractivity contribution in [3.8, 4) is 0 Å². The Labute approximate surface area is 126 Å². The Bertz CT molecular complexity index is 487. The molecule has 0 aromatic heterocycles. The molecule has 1 aromatic carbocycles. The van der Waals surface area contributed by atoms with Crippen molar-refractivity contribution >= 4 is 11.6 Å². The summed E-state index contributed by atoms with van der Waals surface area (Å²) in [6, 6.07) is 5.55. The van der Waals surface area contributed by atoms with Crippen molar-refractivity contribution in [3.63, 3.8) is 0 Å². The van der Waals surface area contributed by atoms with Crippen LogP contribution in [0.1, 0.15) is 43.7 Å². The highest BCUT2D eigenvalue weighted by atomic mass is 16.5. The maximum absolute atomic E-state index is 12.0. The zero-order chi connectivity index (χ0) is 15.2. The maximum atomic E-state index is 12.0. The van der Waals surface area contributed by atoms with Crippen LogP contribution in [-0.2, 0) is 16.1 Å². The average Bonchev–Trinajstić information content (AvgIpc) is 2.47. The van der Waals surface area contributed by atoms with Gasteiger partial charge in [-0.1, -0.05) is 31.9 Å². The molecule has 1 amide bonds. The fraction of sp³-hybridized carbons (Fsp3) is 0.588. The number of benzene rings is 1. The number of nitrogens with one attached hydrogen (secondary N) is 1. The number of anilines is 1. The van der Waals surface area contributed by atoms with Crippen LogP contribution in [0.15, 0.2) is 18.2 Å². The number of aryl methyl sites for hydroxylation is 1. The molecule has 0 heterocycles. The maximum Gasteiger partial charge on any atom is 0.250 e. The summed E-state index contributed by atoms with van der Waals surface area (Å²) in [6.07, 6.45) is 4.76. The zero-order valence-corrected chi connectivity index (χ0v) is 12.9. The van der Waals surface area contributed by atoms with E-state index in [1.165, 1.54) is 12.8 Å². The summed E-state index contributed by atoms with van der Waals surface area (Å²) in [6.45, 7) is 4.24. The topological polar surface area (TPSA) is 58.6 Å². The molecule has 1 aliphatic rings. The van der Waals surface area contributed by atoms with Gasteiger partial charge in [0, 0.05) is 5.69 Å². The zero-order valence-electron chi connectivity index (χ0n) is 12.9. The number of rotatable bonds is 5. The summed E-state index contributed by atoms with van der Waals surface area (Å²) >= 11 is 0. The summed E-state index contributed by atoms with van der Waals surface area (Å²) in [7, 11) is 0. The van der Waals surface area contributed by atoms with Crippen LogP contribution in [0.3, 0.4) is 0 Å². The van der Waals surface area contributed by atoms with Crippen LogP contribution in [0.2, 0.25) is 0 Å². The minimum Gasteiger partial charge on any atom is -0.392 e. The van der Waals surface area contributed by atoms with Crippen LogP contribution in [0.5, 0.6) is 0 Å². The Morgan fingerprint density at radius 3 is 2.95 bits per heavy atom. The van der Waals surface area contributed by atoms with E-state index in [9.17, 15) is 4.79 Å². The Balaban J connectivity index is 1.84. The van der Waals surface area contributed by atoms with E-state index in [2.05, 4.69) is 12.2 Å². The molecule has 1 aromatic rings. The minimum absolute atomic E-state index is 0.0282. The first-order valence-corrected chi connectivity index (χ1v) is 7.70. The number of carbonyl (C=O) groups is 1. The summed E-state index contributed by atoms with van der Waals surface area (Å²) < 4.78 is 5.72. The van der Waals surface area contributed by atoms with Gasteiger partial charge in [-0.2, -0.15) is 0 Å². The van der Waals surface area contributed by atoms with Gasteiger partial charge in [-0.3, -0.25) is 4.79 Å². The highest BCUT2D eigenvalue weighted by molar-refractivity contribution is 5.92. The Morgan fingerprint density at radius 1 is 1.43 bits per heavy atom. The fourth-order valence-corrected chi connectivity index (χ4v) is 2.81. The lowest BCUT2D eigenvalue weighted by Gasteiger charge is -2.26. The molecule has 1 saturated carbocycles. The van der Waals surface area contributed by atoms with Crippen LogP contribution in [0.25, 0.3) is 0 Å². The SMILES string of the molecule is Cc1ccc(CO)cc1NC(=O)COC1CCCC(C)C1. The van der Waals surface area contributed by atoms with E-state index in [4.69, 9.17) is 9.84 Å². The smallest absolute Gasteiger partial charge is 0.250 e. The van der Waals surface area contributed by atoms with Crippen molar-refractivity contribution in [3.05, 3.63) is 29.3 Å². The van der Waals surface area contributed by atoms with Crippen LogP contribution in [0.4, 0.5) is 5.69 Å². The lowest BCUT2D eigenvalue weighted by atomic mass is 9.89. The molecule has 1 fully saturated rings. The average molecular weight is 291 g/mol. The Kier molecular flexibility index (Phi) is 5.76. The normalized spacial score (nSPS) is 22.0. The van der Waals surface area contributed by atoms with E-state index in [-0.39, 0.29) is 25.2 Å². The fourth-order valence-electron chi connectivity index (χ4n) is 2.81. The highest BCUT2D eigenvalue weighted by Gasteiger charge is 2.20. The van der Waals surface area contributed by atoms with Crippen LogP contribution >= 0.6 is 0 Å². The van der Waals surface area contributed by atoms with Gasteiger partial charge in [-0.05, 0) is 42.9 Å². The summed E-state index contributed by atoms with van der Waals surface area (Å²) in [5, 5.41) is 12.0. The first-order chi connectivity index (χ1) is 10.1. The number of hydrogen-bond donors (Lipinski definition) is 2. The number of ether oxygens (including phenoxy) is 1. The third-order valence-corrected chi connectivity index (χ3v) is 4.10. The lowest BCUT2D eigenvalue weighted by Crippen LogP contribution is -2.27. The standard InChI is InChI=1S/C17H25NO3/c1-12-4-3-5-15(8-12)21-11-17(20)18-16-9-14(10-19)7-6-13(16)2/h6-7,9,12,15,19H,3-5,8,10-11H2,1-2H3,(H,18,20). The van der Waals surface area contributed by atoms with Crippen molar-refractivity contribution in [2.24, 2.45) is 5.92 Å². The molecule has 4 nitrogen and oxygen atoms in total. The predicted octanol–water partition coefficient (Wildman–Crippen LogP) is 3.02. The Morgan fingerprint density at radius 2 is 2.24 bits per heavy atom. The monoisotopic (exact) mass is 291 g/mol. The minimum atomic E-state index is -0.133. The van der Waals surface area contributed by atoms with Crippen molar-refractivity contribution in [1.82, 2.24) is 0 Å². The molecule has 0 radical (unpaired) electrons. The van der Waals surface area contributed by atoms with Gasteiger partial charge in [0.1, 0.15) is 6.61 Å². The van der Waals surface area contributed by atoms with Gasteiger partial charge < -0.3 is 15.2 Å². The van der Waals surface area contributed by atoms with Crippen LogP contribution in [-0.4, -0.2) is 23.7 Å². The molecule has 2 unspecified atom stereocenters. The van der Waals surface area contributed by atoms with Crippen molar-refractivity contribution in [1.29, 1.82) is 0 Å². The molecule has 0 saturated heterocycles. The number of carbonyl (C=O) groups excluding carboxylic acids is 1. The molecule has 21 heavy (non-hydrogen) atoms. The van der Waals surface area contributed by atoms with Crippen molar-refractivity contribution in [2.45, 2.75) is 52.2 Å². The van der Waals surface area contributed by atoms with E-state index in [1.54, 1.807) is 6.07 Å². The van der Waals surface area contributed by atoms with E-state index in [0.717, 1.165) is 29.7 Å². The molecule has 0 aliphatic heterocycles.